The number of nitrogens with two attached hydrogens (primary N) is 1. The number of nitrogens with one attached hydrogen (secondary N) is 1. The minimum absolute atomic E-state index is 0.0366. The third-order valence-electron chi connectivity index (χ3n) is 4.64. The lowest BCUT2D eigenvalue weighted by Gasteiger charge is -2.10. The van der Waals surface area contributed by atoms with Crippen molar-refractivity contribution in [1.82, 2.24) is 9.78 Å². The van der Waals surface area contributed by atoms with Crippen molar-refractivity contribution in [2.45, 2.75) is 11.5 Å². The van der Waals surface area contributed by atoms with E-state index in [-0.39, 0.29) is 34.6 Å². The molecule has 0 atom stereocenters. The Morgan fingerprint density at radius 1 is 0.970 bits per heavy atom. The first kappa shape index (κ1) is 22.0. The second-order valence-corrected chi connectivity index (χ2v) is 8.59. The molecule has 1 heterocycles. The summed E-state index contributed by atoms with van der Waals surface area (Å²) in [5.41, 5.74) is 7.27. The van der Waals surface area contributed by atoms with E-state index in [1.807, 2.05) is 6.07 Å². The van der Waals surface area contributed by atoms with Crippen molar-refractivity contribution >= 4 is 32.9 Å². The minimum atomic E-state index is -4.03. The van der Waals surface area contributed by atoms with E-state index >= 15 is 0 Å². The number of aromatic hydroxyl groups is 1. The summed E-state index contributed by atoms with van der Waals surface area (Å²) >= 11 is 0. The molecule has 0 radical (unpaired) electrons. The van der Waals surface area contributed by atoms with Gasteiger partial charge in [-0.2, -0.15) is 4.68 Å². The molecule has 0 aliphatic heterocycles. The Morgan fingerprint density at radius 3 is 2.45 bits per heavy atom. The van der Waals surface area contributed by atoms with Crippen LogP contribution >= 0.6 is 0 Å². The van der Waals surface area contributed by atoms with Gasteiger partial charge in [0, 0.05) is 5.69 Å². The van der Waals surface area contributed by atoms with E-state index in [0.29, 0.717) is 16.9 Å². The number of para-hydroxylation sites is 1. The fourth-order valence-electron chi connectivity index (χ4n) is 3.08. The van der Waals surface area contributed by atoms with E-state index in [1.165, 1.54) is 22.9 Å². The van der Waals surface area contributed by atoms with Crippen molar-refractivity contribution in [2.24, 2.45) is 10.2 Å². The molecule has 4 rings (SSSR count). The van der Waals surface area contributed by atoms with Crippen LogP contribution in [0.25, 0.3) is 5.69 Å². The summed E-state index contributed by atoms with van der Waals surface area (Å²) < 4.78 is 29.7. The highest BCUT2D eigenvalue weighted by Crippen LogP contribution is 2.36. The summed E-state index contributed by atoms with van der Waals surface area (Å²) in [5.74, 6) is -0.402. The van der Waals surface area contributed by atoms with Gasteiger partial charge in [0.2, 0.25) is 5.88 Å². The van der Waals surface area contributed by atoms with Gasteiger partial charge in [-0.3, -0.25) is 4.72 Å². The molecule has 0 saturated heterocycles. The van der Waals surface area contributed by atoms with Crippen LogP contribution in [0.1, 0.15) is 5.56 Å². The molecule has 0 fully saturated rings. The average molecular weight is 465 g/mol. The predicted molar refractivity (Wildman–Crippen MR) is 123 cm³/mol. The lowest BCUT2D eigenvalue weighted by atomic mass is 10.2. The second-order valence-electron chi connectivity index (χ2n) is 6.94. The Hall–Kier alpha value is -4.22. The van der Waals surface area contributed by atoms with E-state index in [1.54, 1.807) is 54.6 Å². The molecule has 0 spiro atoms. The molecular weight excluding hydrogens is 444 g/mol. The van der Waals surface area contributed by atoms with Crippen LogP contribution in [0, 0.1) is 0 Å². The summed E-state index contributed by atoms with van der Waals surface area (Å²) in [5, 5.41) is 31.9. The van der Waals surface area contributed by atoms with Crippen molar-refractivity contribution in [2.75, 3.05) is 10.5 Å². The van der Waals surface area contributed by atoms with Gasteiger partial charge in [0.05, 0.1) is 12.3 Å². The molecule has 168 valence electrons. The first-order chi connectivity index (χ1) is 15.9. The molecule has 11 heteroatoms. The van der Waals surface area contributed by atoms with Crippen LogP contribution in [0.2, 0.25) is 0 Å². The average Bonchev–Trinajstić information content (AvgIpc) is 3.11. The number of hydrogen-bond acceptors (Lipinski definition) is 8. The molecule has 0 aliphatic carbocycles. The third kappa shape index (κ3) is 4.68. The van der Waals surface area contributed by atoms with E-state index < -0.39 is 10.0 Å². The predicted octanol–water partition coefficient (Wildman–Crippen LogP) is 3.87. The van der Waals surface area contributed by atoms with Crippen molar-refractivity contribution in [1.29, 1.82) is 0 Å². The molecule has 3 aromatic carbocycles. The molecular formula is C22H20N6O4S. The van der Waals surface area contributed by atoms with Gasteiger partial charge in [-0.25, -0.2) is 8.42 Å². The number of benzene rings is 3. The number of nitrogens with zero attached hydrogens (tertiary/aromatic N) is 4. The number of anilines is 2. The van der Waals surface area contributed by atoms with Crippen LogP contribution in [0.4, 0.5) is 22.9 Å². The molecule has 0 saturated carbocycles. The van der Waals surface area contributed by atoms with Gasteiger partial charge in [0.15, 0.2) is 11.5 Å². The zero-order chi connectivity index (χ0) is 23.4. The number of hydrogen-bond donors (Lipinski definition) is 4. The van der Waals surface area contributed by atoms with Gasteiger partial charge >= 0.3 is 0 Å². The summed E-state index contributed by atoms with van der Waals surface area (Å²) in [7, 11) is -4.03. The van der Waals surface area contributed by atoms with Crippen molar-refractivity contribution in [3.8, 4) is 11.6 Å². The Labute approximate surface area is 189 Å². The molecule has 10 nitrogen and oxygen atoms in total. The number of rotatable bonds is 7. The highest BCUT2D eigenvalue weighted by atomic mass is 32.2. The van der Waals surface area contributed by atoms with Crippen molar-refractivity contribution in [3.05, 3.63) is 84.4 Å². The summed E-state index contributed by atoms with van der Waals surface area (Å²) in [4.78, 5) is -0.128. The van der Waals surface area contributed by atoms with Crippen LogP contribution in [0.5, 0.6) is 5.88 Å². The molecule has 0 bridgehead atoms. The SMILES string of the molecule is Nc1nn(-c2ccccc2)c(O)c1/N=N/c1ccccc1S(=O)(=O)Nc1cccc(CO)c1. The highest BCUT2D eigenvalue weighted by molar-refractivity contribution is 7.92. The quantitative estimate of drug-likeness (QED) is 0.304. The van der Waals surface area contributed by atoms with Crippen LogP contribution in [0.15, 0.2) is 94.0 Å². The fraction of sp³-hybridized carbons (Fsp3) is 0.0455. The Balaban J connectivity index is 1.67. The molecule has 4 aromatic rings. The first-order valence-corrected chi connectivity index (χ1v) is 11.2. The zero-order valence-corrected chi connectivity index (χ0v) is 18.0. The molecule has 0 aliphatic rings. The highest BCUT2D eigenvalue weighted by Gasteiger charge is 2.20. The lowest BCUT2D eigenvalue weighted by molar-refractivity contribution is 0.282. The molecule has 5 N–H and O–H groups in total. The van der Waals surface area contributed by atoms with Crippen molar-refractivity contribution in [3.63, 3.8) is 0 Å². The lowest BCUT2D eigenvalue weighted by Crippen LogP contribution is -2.13. The number of aromatic nitrogens is 2. The van der Waals surface area contributed by atoms with Gasteiger partial charge in [-0.1, -0.05) is 42.5 Å². The van der Waals surface area contributed by atoms with Crippen LogP contribution in [-0.2, 0) is 16.6 Å². The van der Waals surface area contributed by atoms with E-state index in [9.17, 15) is 18.6 Å². The van der Waals surface area contributed by atoms with Crippen LogP contribution < -0.4 is 10.5 Å². The third-order valence-corrected chi connectivity index (χ3v) is 6.07. The summed E-state index contributed by atoms with van der Waals surface area (Å²) in [6.07, 6.45) is 0. The second kappa shape index (κ2) is 9.10. The number of sulfonamides is 1. The van der Waals surface area contributed by atoms with Gasteiger partial charge in [0.1, 0.15) is 10.6 Å². The van der Waals surface area contributed by atoms with E-state index in [4.69, 9.17) is 5.73 Å². The van der Waals surface area contributed by atoms with E-state index in [2.05, 4.69) is 20.0 Å². The zero-order valence-electron chi connectivity index (χ0n) is 17.2. The Bertz CT molecular complexity index is 1420. The van der Waals surface area contributed by atoms with Crippen LogP contribution in [0.3, 0.4) is 0 Å². The number of aliphatic hydroxyl groups is 1. The van der Waals surface area contributed by atoms with Gasteiger partial charge in [0.25, 0.3) is 10.0 Å². The number of nitrogen functional groups attached to an aromatic ring is 1. The number of azo groups is 1. The molecule has 0 unspecified atom stereocenters. The van der Waals surface area contributed by atoms with Gasteiger partial charge < -0.3 is 15.9 Å². The van der Waals surface area contributed by atoms with Gasteiger partial charge in [-0.05, 0) is 42.0 Å². The maximum atomic E-state index is 13.0. The molecule has 33 heavy (non-hydrogen) atoms. The minimum Gasteiger partial charge on any atom is -0.492 e. The summed E-state index contributed by atoms with van der Waals surface area (Å²) in [6.45, 7) is -0.220. The normalized spacial score (nSPS) is 11.7. The van der Waals surface area contributed by atoms with Gasteiger partial charge in [-0.15, -0.1) is 15.3 Å². The Morgan fingerprint density at radius 2 is 1.70 bits per heavy atom. The monoisotopic (exact) mass is 464 g/mol. The Kier molecular flexibility index (Phi) is 6.07. The maximum absolute atomic E-state index is 13.0. The number of aliphatic hydroxyl groups excluding tert-OH is 1. The molecule has 0 amide bonds. The maximum Gasteiger partial charge on any atom is 0.264 e. The fourth-order valence-corrected chi connectivity index (χ4v) is 4.27. The van der Waals surface area contributed by atoms with Crippen LogP contribution in [-0.4, -0.2) is 28.4 Å². The van der Waals surface area contributed by atoms with E-state index in [0.717, 1.165) is 0 Å². The smallest absolute Gasteiger partial charge is 0.264 e. The summed E-state index contributed by atoms with van der Waals surface area (Å²) in [6, 6.07) is 21.2. The standard InChI is InChI=1S/C22H20N6O4S/c23-21-20(22(30)28(26-21)17-9-2-1-3-10-17)25-24-18-11-4-5-12-19(18)33(31,32)27-16-8-6-7-15(13-16)14-29/h1-13,27,29-30H,14H2,(H2,23,26)/b25-24+. The topological polar surface area (TPSA) is 155 Å². The first-order valence-electron chi connectivity index (χ1n) is 9.75. The molecule has 1 aromatic heterocycles. The largest absolute Gasteiger partial charge is 0.492 e. The van der Waals surface area contributed by atoms with Crippen molar-refractivity contribution < 1.29 is 18.6 Å².